The summed E-state index contributed by atoms with van der Waals surface area (Å²) in [5, 5.41) is 2.50. The summed E-state index contributed by atoms with van der Waals surface area (Å²) in [7, 11) is 0. The Bertz CT molecular complexity index is 701. The Morgan fingerprint density at radius 2 is 1.90 bits per heavy atom. The Hall–Kier alpha value is -2.26. The molecule has 0 aliphatic carbocycles. The zero-order valence-electron chi connectivity index (χ0n) is 12.2. The Labute approximate surface area is 125 Å². The Morgan fingerprint density at radius 1 is 1.10 bits per heavy atom. The number of hydrogen-bond donors (Lipinski definition) is 1. The van der Waals surface area contributed by atoms with Gasteiger partial charge in [0.15, 0.2) is 0 Å². The average molecular weight is 280 g/mol. The van der Waals surface area contributed by atoms with E-state index in [0.717, 1.165) is 12.1 Å². The molecule has 0 fully saturated rings. The lowest BCUT2D eigenvalue weighted by Crippen LogP contribution is -2.33. The summed E-state index contributed by atoms with van der Waals surface area (Å²) in [5.74, 6) is 0. The van der Waals surface area contributed by atoms with Crippen LogP contribution in [0.5, 0.6) is 0 Å². The van der Waals surface area contributed by atoms with E-state index in [9.17, 15) is 0 Å². The highest BCUT2D eigenvalue weighted by Gasteiger charge is 2.20. The summed E-state index contributed by atoms with van der Waals surface area (Å²) in [6.45, 7) is 3.60. The van der Waals surface area contributed by atoms with Gasteiger partial charge in [-0.15, -0.1) is 0 Å². The summed E-state index contributed by atoms with van der Waals surface area (Å²) in [6, 6.07) is 17.0. The first-order chi connectivity index (χ1) is 10.3. The molecule has 3 heteroatoms. The first-order valence-electron chi connectivity index (χ1n) is 7.31. The van der Waals surface area contributed by atoms with Crippen LogP contribution in [0.4, 0.5) is 5.69 Å². The molecule has 1 heterocycles. The molecule has 0 saturated carbocycles. The van der Waals surface area contributed by atoms with Crippen LogP contribution in [0.15, 0.2) is 65.5 Å². The van der Waals surface area contributed by atoms with Crippen molar-refractivity contribution in [1.82, 2.24) is 0 Å². The zero-order chi connectivity index (χ0) is 14.7. The van der Waals surface area contributed by atoms with Crippen molar-refractivity contribution in [3.8, 4) is 0 Å². The number of furan rings is 1. The lowest BCUT2D eigenvalue weighted by Gasteiger charge is -2.32. The minimum absolute atomic E-state index is 0.125. The second kappa shape index (κ2) is 6.02. The maximum absolute atomic E-state index is 6.04. The summed E-state index contributed by atoms with van der Waals surface area (Å²) in [5.41, 5.74) is 8.37. The zero-order valence-corrected chi connectivity index (χ0v) is 12.2. The van der Waals surface area contributed by atoms with Crippen molar-refractivity contribution in [3.63, 3.8) is 0 Å². The minimum atomic E-state index is 0.125. The Morgan fingerprint density at radius 3 is 2.62 bits per heavy atom. The highest BCUT2D eigenvalue weighted by atomic mass is 16.3. The number of benzene rings is 2. The van der Waals surface area contributed by atoms with Gasteiger partial charge in [0.05, 0.1) is 18.6 Å². The standard InChI is InChI=1S/C18H20N2O/c1-2-20(18(12-19)15-10-11-21-13-15)17-9-5-7-14-6-3-4-8-16(14)17/h3-11,13,18H,2,12,19H2,1H3. The van der Waals surface area contributed by atoms with E-state index >= 15 is 0 Å². The van der Waals surface area contributed by atoms with Gasteiger partial charge in [0.2, 0.25) is 0 Å². The lowest BCUT2D eigenvalue weighted by atomic mass is 10.0. The van der Waals surface area contributed by atoms with Crippen LogP contribution in [0.3, 0.4) is 0 Å². The third kappa shape index (κ3) is 2.52. The number of fused-ring (bicyclic) bond motifs is 1. The fraction of sp³-hybridized carbons (Fsp3) is 0.222. The SMILES string of the molecule is CCN(c1cccc2ccccc12)C(CN)c1ccoc1. The van der Waals surface area contributed by atoms with Crippen LogP contribution in [-0.4, -0.2) is 13.1 Å². The molecule has 1 atom stereocenters. The number of rotatable bonds is 5. The molecule has 1 aromatic heterocycles. The third-order valence-electron chi connectivity index (χ3n) is 3.94. The molecule has 0 amide bonds. The molecule has 0 aliphatic rings. The van der Waals surface area contributed by atoms with Crippen LogP contribution in [-0.2, 0) is 0 Å². The van der Waals surface area contributed by atoms with Crippen molar-refractivity contribution in [1.29, 1.82) is 0 Å². The molecule has 2 N–H and O–H groups in total. The molecule has 0 radical (unpaired) electrons. The summed E-state index contributed by atoms with van der Waals surface area (Å²) in [4.78, 5) is 2.34. The van der Waals surface area contributed by atoms with Gasteiger partial charge in [0.25, 0.3) is 0 Å². The fourth-order valence-corrected chi connectivity index (χ4v) is 2.93. The first-order valence-corrected chi connectivity index (χ1v) is 7.31. The van der Waals surface area contributed by atoms with Crippen molar-refractivity contribution >= 4 is 16.5 Å². The molecule has 3 aromatic rings. The average Bonchev–Trinajstić information content (AvgIpc) is 3.06. The van der Waals surface area contributed by atoms with Gasteiger partial charge in [0, 0.05) is 29.7 Å². The van der Waals surface area contributed by atoms with E-state index in [4.69, 9.17) is 10.2 Å². The van der Waals surface area contributed by atoms with Gasteiger partial charge in [0.1, 0.15) is 0 Å². The Kier molecular flexibility index (Phi) is 3.93. The molecule has 0 aliphatic heterocycles. The number of likely N-dealkylation sites (N-methyl/N-ethyl adjacent to an activating group) is 1. The number of nitrogens with two attached hydrogens (primary N) is 1. The maximum atomic E-state index is 6.04. The monoisotopic (exact) mass is 280 g/mol. The third-order valence-corrected chi connectivity index (χ3v) is 3.94. The van der Waals surface area contributed by atoms with Crippen molar-refractivity contribution in [2.75, 3.05) is 18.0 Å². The van der Waals surface area contributed by atoms with Crippen LogP contribution >= 0.6 is 0 Å². The van der Waals surface area contributed by atoms with Crippen LogP contribution < -0.4 is 10.6 Å². The minimum Gasteiger partial charge on any atom is -0.472 e. The lowest BCUT2D eigenvalue weighted by molar-refractivity contribution is 0.554. The normalized spacial score (nSPS) is 12.5. The quantitative estimate of drug-likeness (QED) is 0.769. The first kappa shape index (κ1) is 13.7. The van der Waals surface area contributed by atoms with E-state index in [1.807, 2.05) is 6.07 Å². The fourth-order valence-electron chi connectivity index (χ4n) is 2.93. The molecule has 108 valence electrons. The van der Waals surface area contributed by atoms with E-state index in [-0.39, 0.29) is 6.04 Å². The van der Waals surface area contributed by atoms with Crippen LogP contribution in [0.2, 0.25) is 0 Å². The van der Waals surface area contributed by atoms with Gasteiger partial charge < -0.3 is 15.1 Å². The van der Waals surface area contributed by atoms with E-state index in [0.29, 0.717) is 6.54 Å². The van der Waals surface area contributed by atoms with Gasteiger partial charge in [-0.25, -0.2) is 0 Å². The predicted octanol–water partition coefficient (Wildman–Crippen LogP) is 3.96. The highest BCUT2D eigenvalue weighted by Crippen LogP contribution is 2.32. The highest BCUT2D eigenvalue weighted by molar-refractivity contribution is 5.94. The maximum Gasteiger partial charge on any atom is 0.0955 e. The van der Waals surface area contributed by atoms with Gasteiger partial charge in [-0.1, -0.05) is 36.4 Å². The van der Waals surface area contributed by atoms with Crippen LogP contribution in [0.25, 0.3) is 10.8 Å². The van der Waals surface area contributed by atoms with Gasteiger partial charge in [-0.05, 0) is 24.4 Å². The molecule has 1 unspecified atom stereocenters. The summed E-state index contributed by atoms with van der Waals surface area (Å²) >= 11 is 0. The van der Waals surface area contributed by atoms with Crippen LogP contribution in [0.1, 0.15) is 18.5 Å². The van der Waals surface area contributed by atoms with Crippen molar-refractivity contribution in [2.24, 2.45) is 5.73 Å². The van der Waals surface area contributed by atoms with Gasteiger partial charge in [-0.3, -0.25) is 0 Å². The second-order valence-electron chi connectivity index (χ2n) is 5.09. The molecule has 3 nitrogen and oxygen atoms in total. The van der Waals surface area contributed by atoms with E-state index in [1.165, 1.54) is 16.5 Å². The van der Waals surface area contributed by atoms with Crippen LogP contribution in [0, 0.1) is 0 Å². The van der Waals surface area contributed by atoms with Crippen molar-refractivity contribution in [2.45, 2.75) is 13.0 Å². The molecule has 0 spiro atoms. The summed E-state index contributed by atoms with van der Waals surface area (Å²) in [6.07, 6.45) is 3.49. The van der Waals surface area contributed by atoms with Crippen molar-refractivity contribution in [3.05, 3.63) is 66.6 Å². The molecule has 0 saturated heterocycles. The van der Waals surface area contributed by atoms with E-state index in [2.05, 4.69) is 54.3 Å². The smallest absolute Gasteiger partial charge is 0.0955 e. The predicted molar refractivity (Wildman–Crippen MR) is 87.5 cm³/mol. The summed E-state index contributed by atoms with van der Waals surface area (Å²) < 4.78 is 5.23. The van der Waals surface area contributed by atoms with E-state index < -0.39 is 0 Å². The van der Waals surface area contributed by atoms with Gasteiger partial charge >= 0.3 is 0 Å². The molecular weight excluding hydrogens is 260 g/mol. The largest absolute Gasteiger partial charge is 0.472 e. The molecule has 2 aromatic carbocycles. The van der Waals surface area contributed by atoms with Crippen molar-refractivity contribution < 1.29 is 4.42 Å². The topological polar surface area (TPSA) is 42.4 Å². The number of anilines is 1. The van der Waals surface area contributed by atoms with E-state index in [1.54, 1.807) is 12.5 Å². The van der Waals surface area contributed by atoms with Gasteiger partial charge in [-0.2, -0.15) is 0 Å². The number of nitrogens with zero attached hydrogens (tertiary/aromatic N) is 1. The molecular formula is C18H20N2O. The second-order valence-corrected chi connectivity index (χ2v) is 5.09. The molecule has 3 rings (SSSR count). The number of hydrogen-bond acceptors (Lipinski definition) is 3. The Balaban J connectivity index is 2.09. The molecule has 21 heavy (non-hydrogen) atoms. The molecule has 0 bridgehead atoms.